The van der Waals surface area contributed by atoms with E-state index in [0.717, 1.165) is 0 Å². The second kappa shape index (κ2) is 8.53. The number of urea groups is 1. The van der Waals surface area contributed by atoms with E-state index in [1.165, 1.54) is 21.6 Å². The topological polar surface area (TPSA) is 105 Å². The van der Waals surface area contributed by atoms with Crippen molar-refractivity contribution in [2.75, 3.05) is 32.5 Å². The van der Waals surface area contributed by atoms with E-state index in [-0.39, 0.29) is 17.0 Å². The number of piperidine rings is 1. The van der Waals surface area contributed by atoms with E-state index in [9.17, 15) is 13.2 Å². The molecule has 0 saturated carbocycles. The number of amides is 2. The van der Waals surface area contributed by atoms with Crippen LogP contribution in [0.1, 0.15) is 12.8 Å². The van der Waals surface area contributed by atoms with Crippen LogP contribution in [0.15, 0.2) is 47.8 Å². The Morgan fingerprint density at radius 1 is 1.21 bits per heavy atom. The Morgan fingerprint density at radius 2 is 1.96 bits per heavy atom. The van der Waals surface area contributed by atoms with Gasteiger partial charge in [0.1, 0.15) is 11.0 Å². The lowest BCUT2D eigenvalue weighted by Crippen LogP contribution is -2.41. The summed E-state index contributed by atoms with van der Waals surface area (Å²) in [5.74, 6) is 0.441. The van der Waals surface area contributed by atoms with Crippen LogP contribution in [0.5, 0.6) is 5.88 Å². The highest BCUT2D eigenvalue weighted by atomic mass is 32.2. The molecule has 1 saturated heterocycles. The number of hydrogen-bond acceptors (Lipinski definition) is 6. The number of carbonyl (C=O) groups is 1. The Kier molecular flexibility index (Phi) is 6.10. The number of hydrogen-bond donors (Lipinski definition) is 1. The fraction of sp³-hybridized carbons (Fsp3) is 0.389. The molecule has 3 rings (SSSR count). The molecule has 3 heterocycles. The van der Waals surface area contributed by atoms with Crippen molar-refractivity contribution < 1.29 is 17.9 Å². The Balaban J connectivity index is 1.54. The summed E-state index contributed by atoms with van der Waals surface area (Å²) in [5.41, 5.74) is 0.573. The van der Waals surface area contributed by atoms with Crippen molar-refractivity contribution >= 4 is 21.7 Å². The molecule has 2 aromatic rings. The lowest BCUT2D eigenvalue weighted by molar-refractivity contribution is 0.130. The molecule has 1 aliphatic heterocycles. The van der Waals surface area contributed by atoms with Crippen molar-refractivity contribution in [3.05, 3.63) is 42.9 Å². The van der Waals surface area contributed by atoms with E-state index in [1.807, 2.05) is 0 Å². The van der Waals surface area contributed by atoms with E-state index in [4.69, 9.17) is 4.74 Å². The lowest BCUT2D eigenvalue weighted by atomic mass is 10.1. The Labute approximate surface area is 164 Å². The van der Waals surface area contributed by atoms with Gasteiger partial charge in [-0.05, 0) is 31.0 Å². The zero-order chi connectivity index (χ0) is 20.1. The number of sulfonamides is 1. The molecule has 28 heavy (non-hydrogen) atoms. The van der Waals surface area contributed by atoms with Gasteiger partial charge in [-0.3, -0.25) is 4.98 Å². The Hall–Kier alpha value is -2.72. The van der Waals surface area contributed by atoms with Gasteiger partial charge in [0, 0.05) is 45.6 Å². The molecule has 2 amide bonds. The van der Waals surface area contributed by atoms with E-state index in [1.54, 1.807) is 44.6 Å². The van der Waals surface area contributed by atoms with E-state index in [2.05, 4.69) is 15.3 Å². The molecule has 0 radical (unpaired) electrons. The van der Waals surface area contributed by atoms with Crippen LogP contribution in [0.25, 0.3) is 0 Å². The second-order valence-electron chi connectivity index (χ2n) is 6.62. The summed E-state index contributed by atoms with van der Waals surface area (Å²) >= 11 is 0. The molecule has 9 nitrogen and oxygen atoms in total. The predicted molar refractivity (Wildman–Crippen MR) is 104 cm³/mol. The number of ether oxygens (including phenoxy) is 1. The van der Waals surface area contributed by atoms with Crippen LogP contribution in [0.2, 0.25) is 0 Å². The molecule has 1 fully saturated rings. The highest BCUT2D eigenvalue weighted by molar-refractivity contribution is 7.89. The maximum absolute atomic E-state index is 12.6. The van der Waals surface area contributed by atoms with Crippen LogP contribution in [0.3, 0.4) is 0 Å². The smallest absolute Gasteiger partial charge is 0.321 e. The van der Waals surface area contributed by atoms with Crippen molar-refractivity contribution in [3.63, 3.8) is 0 Å². The molecule has 0 aromatic carbocycles. The first-order valence-corrected chi connectivity index (χ1v) is 10.3. The van der Waals surface area contributed by atoms with E-state index >= 15 is 0 Å². The third-order valence-corrected chi connectivity index (χ3v) is 6.24. The van der Waals surface area contributed by atoms with Crippen LogP contribution in [0, 0.1) is 0 Å². The molecule has 1 N–H and O–H groups in total. The van der Waals surface area contributed by atoms with Gasteiger partial charge < -0.3 is 15.0 Å². The molecule has 0 unspecified atom stereocenters. The molecular weight excluding hydrogens is 382 g/mol. The van der Waals surface area contributed by atoms with Gasteiger partial charge in [-0.25, -0.2) is 18.2 Å². The van der Waals surface area contributed by atoms with Crippen molar-refractivity contribution in [1.82, 2.24) is 19.2 Å². The second-order valence-corrected chi connectivity index (χ2v) is 8.56. The number of pyridine rings is 2. The summed E-state index contributed by atoms with van der Waals surface area (Å²) in [4.78, 5) is 21.3. The number of aromatic nitrogens is 2. The first-order valence-electron chi connectivity index (χ1n) is 8.87. The summed E-state index contributed by atoms with van der Waals surface area (Å²) in [7, 11) is -0.219. The largest absolute Gasteiger partial charge is 0.474 e. The molecule has 1 aliphatic rings. The number of carbonyl (C=O) groups excluding carboxylic acids is 1. The van der Waals surface area contributed by atoms with Gasteiger partial charge in [0.15, 0.2) is 0 Å². The van der Waals surface area contributed by atoms with Crippen LogP contribution < -0.4 is 10.1 Å². The Bertz CT molecular complexity index is 895. The average Bonchev–Trinajstić information content (AvgIpc) is 2.70. The molecule has 0 atom stereocenters. The molecule has 2 aromatic heterocycles. The number of anilines is 1. The minimum absolute atomic E-state index is 0.116. The molecule has 0 spiro atoms. The fourth-order valence-corrected chi connectivity index (χ4v) is 4.20. The third kappa shape index (κ3) is 4.76. The number of nitrogens with one attached hydrogen (secondary N) is 1. The summed E-state index contributed by atoms with van der Waals surface area (Å²) < 4.78 is 32.6. The maximum atomic E-state index is 12.6. The van der Waals surface area contributed by atoms with E-state index in [0.29, 0.717) is 37.5 Å². The summed E-state index contributed by atoms with van der Waals surface area (Å²) in [6, 6.07) is 6.32. The zero-order valence-corrected chi connectivity index (χ0v) is 16.6. The van der Waals surface area contributed by atoms with Gasteiger partial charge in [0.25, 0.3) is 0 Å². The minimum atomic E-state index is -3.53. The monoisotopic (exact) mass is 405 g/mol. The highest BCUT2D eigenvalue weighted by Gasteiger charge is 2.30. The van der Waals surface area contributed by atoms with Crippen molar-refractivity contribution in [2.24, 2.45) is 0 Å². The molecular formula is C18H23N5O4S. The van der Waals surface area contributed by atoms with Crippen molar-refractivity contribution in [3.8, 4) is 5.88 Å². The Morgan fingerprint density at radius 3 is 2.54 bits per heavy atom. The molecule has 150 valence electrons. The maximum Gasteiger partial charge on any atom is 0.321 e. The average molecular weight is 405 g/mol. The van der Waals surface area contributed by atoms with E-state index < -0.39 is 10.0 Å². The van der Waals surface area contributed by atoms with Crippen LogP contribution in [-0.4, -0.2) is 66.9 Å². The van der Waals surface area contributed by atoms with Gasteiger partial charge in [-0.1, -0.05) is 0 Å². The quantitative estimate of drug-likeness (QED) is 0.813. The van der Waals surface area contributed by atoms with Crippen molar-refractivity contribution in [1.29, 1.82) is 0 Å². The number of nitrogens with zero attached hydrogens (tertiary/aromatic N) is 4. The summed E-state index contributed by atoms with van der Waals surface area (Å²) in [5, 5.41) is 2.70. The van der Waals surface area contributed by atoms with Gasteiger partial charge in [-0.2, -0.15) is 4.31 Å². The van der Waals surface area contributed by atoms with Gasteiger partial charge >= 0.3 is 6.03 Å². The van der Waals surface area contributed by atoms with Gasteiger partial charge in [0.05, 0.1) is 11.9 Å². The van der Waals surface area contributed by atoms with Crippen molar-refractivity contribution in [2.45, 2.75) is 23.8 Å². The SMILES string of the molecule is CN(C)C(=O)Nc1ccc(OC2CCN(S(=O)(=O)c3cccnc3)CC2)nc1. The first kappa shape index (κ1) is 20.0. The standard InChI is InChI=1S/C18H23N5O4S/c1-22(2)18(24)21-14-5-6-17(20-12-14)27-15-7-10-23(11-8-15)28(25,26)16-4-3-9-19-13-16/h3-6,9,12-13,15H,7-8,10-11H2,1-2H3,(H,21,24). The number of rotatable bonds is 5. The molecule has 0 aliphatic carbocycles. The minimum Gasteiger partial charge on any atom is -0.474 e. The normalized spacial score (nSPS) is 15.8. The van der Waals surface area contributed by atoms with Gasteiger partial charge in [0.2, 0.25) is 15.9 Å². The zero-order valence-electron chi connectivity index (χ0n) is 15.8. The first-order chi connectivity index (χ1) is 13.4. The van der Waals surface area contributed by atoms with Crippen LogP contribution >= 0.6 is 0 Å². The predicted octanol–water partition coefficient (Wildman–Crippen LogP) is 1.80. The van der Waals surface area contributed by atoms with Crippen LogP contribution in [-0.2, 0) is 10.0 Å². The summed E-state index contributed by atoms with van der Waals surface area (Å²) in [6.45, 7) is 0.748. The molecule has 10 heteroatoms. The third-order valence-electron chi connectivity index (χ3n) is 4.35. The molecule has 0 bridgehead atoms. The van der Waals surface area contributed by atoms with Crippen LogP contribution in [0.4, 0.5) is 10.5 Å². The lowest BCUT2D eigenvalue weighted by Gasteiger charge is -2.31. The van der Waals surface area contributed by atoms with Gasteiger partial charge in [-0.15, -0.1) is 0 Å². The summed E-state index contributed by atoms with van der Waals surface area (Å²) in [6.07, 6.45) is 5.45. The highest BCUT2D eigenvalue weighted by Crippen LogP contribution is 2.23. The fourth-order valence-electron chi connectivity index (χ4n) is 2.77.